The quantitative estimate of drug-likeness (QED) is 0.735. The Bertz CT molecular complexity index is 347. The lowest BCUT2D eigenvalue weighted by molar-refractivity contribution is 0.190. The number of likely N-dealkylation sites (N-methyl/N-ethyl adjacent to an activating group) is 2. The first-order valence-electron chi connectivity index (χ1n) is 8.18. The van der Waals surface area contributed by atoms with Crippen molar-refractivity contribution in [1.29, 1.82) is 5.26 Å². The molecule has 20 heavy (non-hydrogen) atoms. The van der Waals surface area contributed by atoms with E-state index < -0.39 is 0 Å². The smallest absolute Gasteiger partial charge is 0.105 e. The zero-order valence-electron chi connectivity index (χ0n) is 13.4. The molecule has 0 radical (unpaired) electrons. The van der Waals surface area contributed by atoms with E-state index in [-0.39, 0.29) is 5.54 Å². The summed E-state index contributed by atoms with van der Waals surface area (Å²) in [5.74, 6) is 0. The standard InChI is InChI=1S/C16H30N4/c1-4-20-10-5-6-15(20)12-19(3)11-9-16(2,13-17)18-14-7-8-14/h14-15,18H,4-12H2,1-3H3. The van der Waals surface area contributed by atoms with Gasteiger partial charge in [-0.25, -0.2) is 0 Å². The molecule has 0 amide bonds. The van der Waals surface area contributed by atoms with E-state index in [9.17, 15) is 5.26 Å². The van der Waals surface area contributed by atoms with Gasteiger partial charge in [0.25, 0.3) is 0 Å². The Morgan fingerprint density at radius 3 is 2.75 bits per heavy atom. The SMILES string of the molecule is CCN1CCCC1CN(C)CCC(C)(C#N)NC1CC1. The fourth-order valence-electron chi connectivity index (χ4n) is 3.22. The summed E-state index contributed by atoms with van der Waals surface area (Å²) in [6.07, 6.45) is 6.05. The summed E-state index contributed by atoms with van der Waals surface area (Å²) < 4.78 is 0. The van der Waals surface area contributed by atoms with E-state index in [1.807, 2.05) is 6.92 Å². The topological polar surface area (TPSA) is 42.3 Å². The van der Waals surface area contributed by atoms with Gasteiger partial charge in [0.2, 0.25) is 0 Å². The Hall–Kier alpha value is -0.630. The van der Waals surface area contributed by atoms with Crippen LogP contribution in [0.4, 0.5) is 0 Å². The maximum absolute atomic E-state index is 9.40. The van der Waals surface area contributed by atoms with Crippen molar-refractivity contribution in [1.82, 2.24) is 15.1 Å². The fourth-order valence-corrected chi connectivity index (χ4v) is 3.22. The molecular formula is C16H30N4. The molecule has 2 unspecified atom stereocenters. The molecule has 0 aromatic heterocycles. The molecule has 114 valence electrons. The summed E-state index contributed by atoms with van der Waals surface area (Å²) in [5.41, 5.74) is -0.352. The molecule has 2 atom stereocenters. The van der Waals surface area contributed by atoms with Gasteiger partial charge in [-0.15, -0.1) is 0 Å². The first kappa shape index (κ1) is 15.8. The average molecular weight is 278 g/mol. The summed E-state index contributed by atoms with van der Waals surface area (Å²) in [6, 6.07) is 3.78. The summed E-state index contributed by atoms with van der Waals surface area (Å²) in [7, 11) is 2.20. The third kappa shape index (κ3) is 4.44. The van der Waals surface area contributed by atoms with Crippen molar-refractivity contribution >= 4 is 0 Å². The van der Waals surface area contributed by atoms with Crippen LogP contribution in [-0.2, 0) is 0 Å². The number of rotatable bonds is 8. The van der Waals surface area contributed by atoms with E-state index >= 15 is 0 Å². The summed E-state index contributed by atoms with van der Waals surface area (Å²) in [6.45, 7) is 8.86. The highest BCUT2D eigenvalue weighted by molar-refractivity contribution is 5.07. The highest BCUT2D eigenvalue weighted by Gasteiger charge is 2.32. The second-order valence-corrected chi connectivity index (χ2v) is 6.80. The van der Waals surface area contributed by atoms with Gasteiger partial charge in [0.15, 0.2) is 0 Å². The van der Waals surface area contributed by atoms with E-state index in [2.05, 4.69) is 35.2 Å². The monoisotopic (exact) mass is 278 g/mol. The minimum atomic E-state index is -0.352. The van der Waals surface area contributed by atoms with Crippen LogP contribution >= 0.6 is 0 Å². The van der Waals surface area contributed by atoms with E-state index in [1.54, 1.807) is 0 Å². The Morgan fingerprint density at radius 2 is 2.15 bits per heavy atom. The molecule has 1 aliphatic carbocycles. The van der Waals surface area contributed by atoms with Crippen LogP contribution in [0, 0.1) is 11.3 Å². The van der Waals surface area contributed by atoms with E-state index in [0.717, 1.165) is 32.1 Å². The molecule has 1 heterocycles. The lowest BCUT2D eigenvalue weighted by Crippen LogP contribution is -2.46. The summed E-state index contributed by atoms with van der Waals surface area (Å²) in [4.78, 5) is 4.99. The first-order chi connectivity index (χ1) is 9.56. The van der Waals surface area contributed by atoms with Crippen LogP contribution in [0.25, 0.3) is 0 Å². The van der Waals surface area contributed by atoms with Gasteiger partial charge in [0.1, 0.15) is 5.54 Å². The predicted molar refractivity (Wildman–Crippen MR) is 82.6 cm³/mol. The summed E-state index contributed by atoms with van der Waals surface area (Å²) in [5, 5.41) is 12.9. The van der Waals surface area contributed by atoms with Gasteiger partial charge in [-0.3, -0.25) is 10.2 Å². The Balaban J connectivity index is 1.73. The second kappa shape index (κ2) is 6.89. The van der Waals surface area contributed by atoms with Gasteiger partial charge in [-0.05, 0) is 59.2 Å². The molecule has 4 heteroatoms. The van der Waals surface area contributed by atoms with Gasteiger partial charge in [-0.1, -0.05) is 6.92 Å². The lowest BCUT2D eigenvalue weighted by atomic mass is 9.99. The first-order valence-corrected chi connectivity index (χ1v) is 8.18. The number of nitriles is 1. The number of hydrogen-bond donors (Lipinski definition) is 1. The Morgan fingerprint density at radius 1 is 1.40 bits per heavy atom. The van der Waals surface area contributed by atoms with Crippen molar-refractivity contribution in [2.75, 3.05) is 33.2 Å². The van der Waals surface area contributed by atoms with E-state index in [1.165, 1.54) is 32.2 Å². The molecule has 0 spiro atoms. The van der Waals surface area contributed by atoms with E-state index in [4.69, 9.17) is 0 Å². The molecule has 2 fully saturated rings. The van der Waals surface area contributed by atoms with Crippen molar-refractivity contribution in [3.8, 4) is 6.07 Å². The predicted octanol–water partition coefficient (Wildman–Crippen LogP) is 1.83. The molecule has 1 N–H and O–H groups in total. The molecular weight excluding hydrogens is 248 g/mol. The molecule has 4 nitrogen and oxygen atoms in total. The lowest BCUT2D eigenvalue weighted by Gasteiger charge is -2.30. The molecule has 2 rings (SSSR count). The van der Waals surface area contributed by atoms with Crippen LogP contribution in [0.3, 0.4) is 0 Å². The highest BCUT2D eigenvalue weighted by atomic mass is 15.2. The van der Waals surface area contributed by atoms with Gasteiger partial charge in [0, 0.05) is 25.2 Å². The zero-order chi connectivity index (χ0) is 14.6. The third-order valence-corrected chi connectivity index (χ3v) is 4.77. The number of hydrogen-bond acceptors (Lipinski definition) is 4. The van der Waals surface area contributed by atoms with Crippen LogP contribution < -0.4 is 5.32 Å². The van der Waals surface area contributed by atoms with Crippen molar-refractivity contribution < 1.29 is 0 Å². The molecule has 1 saturated heterocycles. The van der Waals surface area contributed by atoms with Crippen LogP contribution in [0.5, 0.6) is 0 Å². The molecule has 0 bridgehead atoms. The fraction of sp³-hybridized carbons (Fsp3) is 0.938. The van der Waals surface area contributed by atoms with Gasteiger partial charge >= 0.3 is 0 Å². The second-order valence-electron chi connectivity index (χ2n) is 6.80. The zero-order valence-corrected chi connectivity index (χ0v) is 13.4. The van der Waals surface area contributed by atoms with Gasteiger partial charge in [-0.2, -0.15) is 5.26 Å². The maximum atomic E-state index is 9.40. The van der Waals surface area contributed by atoms with Crippen molar-refractivity contribution in [3.63, 3.8) is 0 Å². The molecule has 1 saturated carbocycles. The van der Waals surface area contributed by atoms with Crippen molar-refractivity contribution in [2.24, 2.45) is 0 Å². The molecule has 0 aromatic carbocycles. The van der Waals surface area contributed by atoms with Crippen molar-refractivity contribution in [2.45, 2.75) is 63.6 Å². The van der Waals surface area contributed by atoms with E-state index in [0.29, 0.717) is 6.04 Å². The molecule has 0 aromatic rings. The van der Waals surface area contributed by atoms with Gasteiger partial charge in [0.05, 0.1) is 6.07 Å². The van der Waals surface area contributed by atoms with Crippen molar-refractivity contribution in [3.05, 3.63) is 0 Å². The number of nitrogens with zero attached hydrogens (tertiary/aromatic N) is 3. The average Bonchev–Trinajstić information content (AvgIpc) is 3.13. The number of nitrogens with one attached hydrogen (secondary N) is 1. The largest absolute Gasteiger partial charge is 0.305 e. The number of likely N-dealkylation sites (tertiary alicyclic amines) is 1. The summed E-state index contributed by atoms with van der Waals surface area (Å²) >= 11 is 0. The van der Waals surface area contributed by atoms with Crippen LogP contribution in [0.2, 0.25) is 0 Å². The molecule has 1 aliphatic heterocycles. The van der Waals surface area contributed by atoms with Crippen LogP contribution in [0.1, 0.15) is 46.0 Å². The Kier molecular flexibility index (Phi) is 5.42. The minimum Gasteiger partial charge on any atom is -0.305 e. The minimum absolute atomic E-state index is 0.352. The normalized spacial score (nSPS) is 26.6. The highest BCUT2D eigenvalue weighted by Crippen LogP contribution is 2.24. The van der Waals surface area contributed by atoms with Crippen LogP contribution in [-0.4, -0.2) is 60.6 Å². The van der Waals surface area contributed by atoms with Gasteiger partial charge < -0.3 is 4.90 Å². The molecule has 2 aliphatic rings. The van der Waals surface area contributed by atoms with Crippen LogP contribution in [0.15, 0.2) is 0 Å². The Labute approximate surface area is 124 Å². The third-order valence-electron chi connectivity index (χ3n) is 4.77. The maximum Gasteiger partial charge on any atom is 0.105 e.